The van der Waals surface area contributed by atoms with Gasteiger partial charge in [0.05, 0.1) is 23.4 Å². The molecule has 5 heterocycles. The van der Waals surface area contributed by atoms with E-state index in [0.717, 1.165) is 61.9 Å². The van der Waals surface area contributed by atoms with Crippen molar-refractivity contribution in [2.75, 3.05) is 42.6 Å². The summed E-state index contributed by atoms with van der Waals surface area (Å²) in [5.74, 6) is 2.31. The Labute approximate surface area is 174 Å². The zero-order chi connectivity index (χ0) is 19.4. The highest BCUT2D eigenvalue weighted by atomic mass is 32.1. The molecular weight excluding hydrogens is 382 g/mol. The van der Waals surface area contributed by atoms with E-state index in [9.17, 15) is 0 Å². The first-order valence-electron chi connectivity index (χ1n) is 11.0. The summed E-state index contributed by atoms with van der Waals surface area (Å²) < 4.78 is 6.80. The number of aromatic nitrogens is 3. The molecule has 2 fully saturated rings. The summed E-state index contributed by atoms with van der Waals surface area (Å²) in [5.41, 5.74) is 4.05. The van der Waals surface area contributed by atoms with Gasteiger partial charge in [-0.2, -0.15) is 0 Å². The summed E-state index contributed by atoms with van der Waals surface area (Å²) >= 11 is 1.79. The van der Waals surface area contributed by atoms with E-state index in [2.05, 4.69) is 16.7 Å². The maximum absolute atomic E-state index is 5.58. The van der Waals surface area contributed by atoms with E-state index in [-0.39, 0.29) is 0 Å². The lowest BCUT2D eigenvalue weighted by molar-refractivity contribution is 0.122. The normalized spacial score (nSPS) is 22.6. The molecule has 0 N–H and O–H groups in total. The molecule has 2 saturated heterocycles. The minimum Gasteiger partial charge on any atom is -0.378 e. The molecule has 0 bridgehead atoms. The zero-order valence-corrected chi connectivity index (χ0v) is 17.8. The first kappa shape index (κ1) is 17.8. The van der Waals surface area contributed by atoms with Crippen LogP contribution in [-0.4, -0.2) is 53.8 Å². The van der Waals surface area contributed by atoms with Crippen molar-refractivity contribution < 1.29 is 4.74 Å². The molecule has 0 aromatic carbocycles. The number of fused-ring (bicyclic) bond motifs is 5. The van der Waals surface area contributed by atoms with Crippen LogP contribution in [0.25, 0.3) is 20.4 Å². The molecule has 0 amide bonds. The number of hydrogen-bond acceptors (Lipinski definition) is 7. The summed E-state index contributed by atoms with van der Waals surface area (Å²) in [4.78, 5) is 20.8. The number of nitrogens with zero attached hydrogens (tertiary/aromatic N) is 5. The van der Waals surface area contributed by atoms with Gasteiger partial charge in [0.25, 0.3) is 0 Å². The van der Waals surface area contributed by atoms with Crippen LogP contribution in [0.1, 0.15) is 43.7 Å². The Balaban J connectivity index is 1.56. The van der Waals surface area contributed by atoms with Crippen molar-refractivity contribution in [1.82, 2.24) is 15.0 Å². The molecule has 6 rings (SSSR count). The monoisotopic (exact) mass is 409 g/mol. The van der Waals surface area contributed by atoms with E-state index in [1.54, 1.807) is 17.7 Å². The van der Waals surface area contributed by atoms with Crippen LogP contribution in [0.5, 0.6) is 0 Å². The third kappa shape index (κ3) is 2.81. The van der Waals surface area contributed by atoms with Gasteiger partial charge < -0.3 is 14.5 Å². The van der Waals surface area contributed by atoms with Crippen LogP contribution in [-0.2, 0) is 17.6 Å². The Hall–Kier alpha value is -1.99. The van der Waals surface area contributed by atoms with E-state index in [1.807, 2.05) is 0 Å². The van der Waals surface area contributed by atoms with Gasteiger partial charge in [-0.05, 0) is 56.6 Å². The van der Waals surface area contributed by atoms with Crippen LogP contribution in [0.4, 0.5) is 11.6 Å². The van der Waals surface area contributed by atoms with Crippen molar-refractivity contribution >= 4 is 43.4 Å². The van der Waals surface area contributed by atoms with Crippen molar-refractivity contribution in [3.05, 3.63) is 17.5 Å². The Morgan fingerprint density at radius 2 is 1.86 bits per heavy atom. The van der Waals surface area contributed by atoms with Crippen LogP contribution >= 0.6 is 11.3 Å². The molecule has 7 heteroatoms. The van der Waals surface area contributed by atoms with Gasteiger partial charge in [0.15, 0.2) is 0 Å². The van der Waals surface area contributed by atoms with Crippen molar-refractivity contribution in [3.8, 4) is 0 Å². The maximum atomic E-state index is 5.58. The number of morpholine rings is 1. The van der Waals surface area contributed by atoms with E-state index in [1.165, 1.54) is 52.7 Å². The molecule has 6 nitrogen and oxygen atoms in total. The van der Waals surface area contributed by atoms with Gasteiger partial charge in [-0.25, -0.2) is 15.0 Å². The van der Waals surface area contributed by atoms with Crippen LogP contribution in [0.15, 0.2) is 6.33 Å². The molecule has 2 aliphatic heterocycles. The fraction of sp³-hybridized carbons (Fsp3) is 0.591. The van der Waals surface area contributed by atoms with Crippen molar-refractivity contribution in [1.29, 1.82) is 0 Å². The average molecular weight is 410 g/mol. The Morgan fingerprint density at radius 1 is 1.00 bits per heavy atom. The first-order valence-corrected chi connectivity index (χ1v) is 11.8. The van der Waals surface area contributed by atoms with Crippen molar-refractivity contribution in [2.24, 2.45) is 0 Å². The minimum atomic E-state index is 0.537. The third-order valence-electron chi connectivity index (χ3n) is 6.82. The molecule has 0 spiro atoms. The lowest BCUT2D eigenvalue weighted by Gasteiger charge is -2.34. The van der Waals surface area contributed by atoms with Gasteiger partial charge in [-0.15, -0.1) is 11.3 Å². The van der Waals surface area contributed by atoms with Gasteiger partial charge in [0, 0.05) is 31.1 Å². The fourth-order valence-corrected chi connectivity index (χ4v) is 6.48. The smallest absolute Gasteiger partial charge is 0.150 e. The second kappa shape index (κ2) is 7.06. The van der Waals surface area contributed by atoms with E-state index >= 15 is 0 Å². The third-order valence-corrected chi connectivity index (χ3v) is 7.89. The SMILES string of the molecule is C[C@@H]1CCCCN1c1ncnc2c1sc1nc(N3CCOCC3)c3c(c12)CCC3. The van der Waals surface area contributed by atoms with Crippen LogP contribution < -0.4 is 9.80 Å². The average Bonchev–Trinajstić information content (AvgIpc) is 3.38. The molecule has 0 unspecified atom stereocenters. The summed E-state index contributed by atoms with van der Waals surface area (Å²) in [6.45, 7) is 6.88. The van der Waals surface area contributed by atoms with Gasteiger partial charge in [0.2, 0.25) is 0 Å². The standard InChI is InChI=1S/C22H27N5OS/c1-14-5-2-3-8-27(14)21-19-18(23-13-24-21)17-15-6-4-7-16(15)20(25-22(17)29-19)26-9-11-28-12-10-26/h13-14H,2-12H2,1H3/t14-/m1/s1. The van der Waals surface area contributed by atoms with Crippen molar-refractivity contribution in [3.63, 3.8) is 0 Å². The highest BCUT2D eigenvalue weighted by molar-refractivity contribution is 7.26. The van der Waals surface area contributed by atoms with Crippen molar-refractivity contribution in [2.45, 2.75) is 51.5 Å². The summed E-state index contributed by atoms with van der Waals surface area (Å²) in [6.07, 6.45) is 9.05. The van der Waals surface area contributed by atoms with Gasteiger partial charge in [-0.1, -0.05) is 0 Å². The lowest BCUT2D eigenvalue weighted by Crippen LogP contribution is -2.38. The predicted molar refractivity (Wildman–Crippen MR) is 118 cm³/mol. The molecule has 152 valence electrons. The van der Waals surface area contributed by atoms with Gasteiger partial charge in [0.1, 0.15) is 22.8 Å². The molecule has 0 radical (unpaired) electrons. The summed E-state index contributed by atoms with van der Waals surface area (Å²) in [5, 5.41) is 1.29. The number of rotatable bonds is 2. The Morgan fingerprint density at radius 3 is 2.72 bits per heavy atom. The zero-order valence-electron chi connectivity index (χ0n) is 17.0. The van der Waals surface area contributed by atoms with E-state index < -0.39 is 0 Å². The number of anilines is 2. The van der Waals surface area contributed by atoms with Gasteiger partial charge in [-0.3, -0.25) is 0 Å². The number of hydrogen-bond donors (Lipinski definition) is 0. The predicted octanol–water partition coefficient (Wildman–Crippen LogP) is 3.94. The number of aryl methyl sites for hydroxylation is 1. The van der Waals surface area contributed by atoms with Crippen LogP contribution in [0, 0.1) is 0 Å². The number of ether oxygens (including phenoxy) is 1. The molecule has 0 saturated carbocycles. The largest absolute Gasteiger partial charge is 0.378 e. The molecular formula is C22H27N5OS. The Kier molecular flexibility index (Phi) is 4.34. The molecule has 29 heavy (non-hydrogen) atoms. The lowest BCUT2D eigenvalue weighted by atomic mass is 10.0. The first-order chi connectivity index (χ1) is 14.3. The quantitative estimate of drug-likeness (QED) is 0.639. The van der Waals surface area contributed by atoms with Crippen LogP contribution in [0.2, 0.25) is 0 Å². The molecule has 3 aromatic rings. The summed E-state index contributed by atoms with van der Waals surface area (Å²) in [7, 11) is 0. The molecule has 1 aliphatic carbocycles. The Bertz CT molecular complexity index is 1070. The van der Waals surface area contributed by atoms with Crippen LogP contribution in [0.3, 0.4) is 0 Å². The molecule has 1 atom stereocenters. The summed E-state index contributed by atoms with van der Waals surface area (Å²) in [6, 6.07) is 0.537. The minimum absolute atomic E-state index is 0.537. The highest BCUT2D eigenvalue weighted by Crippen LogP contribution is 2.44. The fourth-order valence-electron chi connectivity index (χ4n) is 5.32. The van der Waals surface area contributed by atoms with E-state index in [0.29, 0.717) is 6.04 Å². The number of pyridine rings is 1. The highest BCUT2D eigenvalue weighted by Gasteiger charge is 2.29. The van der Waals surface area contributed by atoms with Gasteiger partial charge >= 0.3 is 0 Å². The topological polar surface area (TPSA) is 54.4 Å². The number of piperidine rings is 1. The second-order valence-corrected chi connectivity index (χ2v) is 9.54. The van der Waals surface area contributed by atoms with E-state index in [4.69, 9.17) is 19.7 Å². The molecule has 3 aromatic heterocycles. The number of thiophene rings is 1. The maximum Gasteiger partial charge on any atom is 0.150 e. The molecule has 3 aliphatic rings. The second-order valence-electron chi connectivity index (χ2n) is 8.54.